The number of nitrogen functional groups attached to an aromatic ring is 1. The third kappa shape index (κ3) is 3.85. The molecule has 0 aromatic heterocycles. The molecule has 0 aliphatic carbocycles. The van der Waals surface area contributed by atoms with Crippen LogP contribution in [0.3, 0.4) is 0 Å². The van der Waals surface area contributed by atoms with Crippen molar-refractivity contribution in [3.63, 3.8) is 0 Å². The molecular formula is C14H21ClN2O3. The van der Waals surface area contributed by atoms with Gasteiger partial charge in [-0.15, -0.1) is 12.4 Å². The first kappa shape index (κ1) is 16.8. The van der Waals surface area contributed by atoms with Gasteiger partial charge in [0.15, 0.2) is 0 Å². The molecular weight excluding hydrogens is 280 g/mol. The number of nitrogens with zero attached hydrogens (tertiary/aromatic N) is 1. The minimum Gasteiger partial charge on any atom is -0.399 e. The number of hydrogen-bond donors (Lipinski definition) is 1. The minimum absolute atomic E-state index is 0. The van der Waals surface area contributed by atoms with Gasteiger partial charge in [-0.05, 0) is 24.6 Å². The lowest BCUT2D eigenvalue weighted by Crippen LogP contribution is -2.47. The summed E-state index contributed by atoms with van der Waals surface area (Å²) in [5, 5.41) is 0. The van der Waals surface area contributed by atoms with Crippen LogP contribution in [-0.2, 0) is 9.47 Å². The van der Waals surface area contributed by atoms with Crippen LogP contribution in [-0.4, -0.2) is 50.3 Å². The maximum Gasteiger partial charge on any atom is 0.254 e. The molecule has 0 bridgehead atoms. The predicted octanol–water partition coefficient (Wildman–Crippen LogP) is 1.49. The van der Waals surface area contributed by atoms with E-state index < -0.39 is 0 Å². The number of morpholine rings is 1. The van der Waals surface area contributed by atoms with Gasteiger partial charge in [0.2, 0.25) is 0 Å². The molecule has 6 heteroatoms. The Kier molecular flexibility index (Phi) is 6.26. The molecule has 5 nitrogen and oxygen atoms in total. The summed E-state index contributed by atoms with van der Waals surface area (Å²) in [5.74, 6) is 0.00852. The first-order valence-electron chi connectivity index (χ1n) is 6.37. The molecule has 20 heavy (non-hydrogen) atoms. The molecule has 1 aliphatic heterocycles. The highest BCUT2D eigenvalue weighted by atomic mass is 35.5. The quantitative estimate of drug-likeness (QED) is 0.859. The van der Waals surface area contributed by atoms with E-state index in [-0.39, 0.29) is 24.4 Å². The second kappa shape index (κ2) is 7.47. The number of anilines is 1. The van der Waals surface area contributed by atoms with Crippen molar-refractivity contribution in [3.8, 4) is 0 Å². The van der Waals surface area contributed by atoms with Gasteiger partial charge in [-0.2, -0.15) is 0 Å². The van der Waals surface area contributed by atoms with Crippen molar-refractivity contribution in [2.45, 2.75) is 13.0 Å². The van der Waals surface area contributed by atoms with E-state index in [1.807, 2.05) is 13.0 Å². The maximum atomic E-state index is 12.5. The van der Waals surface area contributed by atoms with E-state index in [1.54, 1.807) is 24.1 Å². The van der Waals surface area contributed by atoms with Crippen molar-refractivity contribution in [1.29, 1.82) is 0 Å². The summed E-state index contributed by atoms with van der Waals surface area (Å²) >= 11 is 0. The normalized spacial score (nSPS) is 18.5. The summed E-state index contributed by atoms with van der Waals surface area (Å²) in [6.07, 6.45) is -0.0518. The maximum absolute atomic E-state index is 12.5. The molecule has 2 rings (SSSR count). The molecule has 2 N–H and O–H groups in total. The number of methoxy groups -OCH3 is 1. The average molecular weight is 301 g/mol. The Morgan fingerprint density at radius 1 is 1.55 bits per heavy atom. The second-order valence-corrected chi connectivity index (χ2v) is 4.77. The lowest BCUT2D eigenvalue weighted by molar-refractivity contribution is -0.0531. The van der Waals surface area contributed by atoms with Crippen molar-refractivity contribution in [2.75, 3.05) is 39.1 Å². The van der Waals surface area contributed by atoms with E-state index in [1.165, 1.54) is 0 Å². The summed E-state index contributed by atoms with van der Waals surface area (Å²) in [7, 11) is 1.63. The molecule has 1 amide bonds. The summed E-state index contributed by atoms with van der Waals surface area (Å²) in [6.45, 7) is 4.12. The molecule has 0 spiro atoms. The number of aryl methyl sites for hydroxylation is 1. The Balaban J connectivity index is 0.00000200. The number of benzene rings is 1. The van der Waals surface area contributed by atoms with E-state index in [0.717, 1.165) is 5.56 Å². The molecule has 112 valence electrons. The van der Waals surface area contributed by atoms with Gasteiger partial charge in [0.1, 0.15) is 0 Å². The van der Waals surface area contributed by atoms with E-state index >= 15 is 0 Å². The SMILES string of the molecule is COCC1CN(C(=O)c2cc(N)ccc2C)CCO1.Cl. The van der Waals surface area contributed by atoms with Gasteiger partial charge in [-0.3, -0.25) is 4.79 Å². The van der Waals surface area contributed by atoms with Crippen LogP contribution in [0.15, 0.2) is 18.2 Å². The molecule has 1 fully saturated rings. The van der Waals surface area contributed by atoms with Crippen molar-refractivity contribution < 1.29 is 14.3 Å². The molecule has 1 atom stereocenters. The van der Waals surface area contributed by atoms with Crippen molar-refractivity contribution in [2.24, 2.45) is 0 Å². The van der Waals surface area contributed by atoms with E-state index in [4.69, 9.17) is 15.2 Å². The number of halogens is 1. The largest absolute Gasteiger partial charge is 0.399 e. The Hall–Kier alpha value is -1.30. The zero-order valence-electron chi connectivity index (χ0n) is 11.8. The fourth-order valence-electron chi connectivity index (χ4n) is 2.23. The van der Waals surface area contributed by atoms with Crippen LogP contribution >= 0.6 is 12.4 Å². The van der Waals surface area contributed by atoms with Gasteiger partial charge >= 0.3 is 0 Å². The zero-order valence-corrected chi connectivity index (χ0v) is 12.6. The number of carbonyl (C=O) groups excluding carboxylic acids is 1. The summed E-state index contributed by atoms with van der Waals surface area (Å²) in [5.41, 5.74) is 7.97. The first-order chi connectivity index (χ1) is 9.11. The fraction of sp³-hybridized carbons (Fsp3) is 0.500. The molecule has 1 aromatic rings. The molecule has 1 aliphatic rings. The first-order valence-corrected chi connectivity index (χ1v) is 6.37. The van der Waals surface area contributed by atoms with Gasteiger partial charge in [-0.1, -0.05) is 6.07 Å². The zero-order chi connectivity index (χ0) is 13.8. The summed E-state index contributed by atoms with van der Waals surface area (Å²) in [4.78, 5) is 14.3. The third-order valence-corrected chi connectivity index (χ3v) is 3.27. The van der Waals surface area contributed by atoms with Crippen molar-refractivity contribution in [3.05, 3.63) is 29.3 Å². The Morgan fingerprint density at radius 3 is 3.00 bits per heavy atom. The molecule has 0 saturated carbocycles. The molecule has 1 unspecified atom stereocenters. The standard InChI is InChI=1S/C14H20N2O3.ClH/c1-10-3-4-11(15)7-13(10)14(17)16-5-6-19-12(8-16)9-18-2;/h3-4,7,12H,5-6,8-9,15H2,1-2H3;1H. The molecule has 0 radical (unpaired) electrons. The van der Waals surface area contributed by atoms with Gasteiger partial charge in [0.25, 0.3) is 5.91 Å². The van der Waals surface area contributed by atoms with Crippen LogP contribution in [0.4, 0.5) is 5.69 Å². The molecule has 1 heterocycles. The predicted molar refractivity (Wildman–Crippen MR) is 80.4 cm³/mol. The highest BCUT2D eigenvalue weighted by Crippen LogP contribution is 2.17. The van der Waals surface area contributed by atoms with Crippen LogP contribution in [0.5, 0.6) is 0 Å². The van der Waals surface area contributed by atoms with Gasteiger partial charge in [0, 0.05) is 31.5 Å². The van der Waals surface area contributed by atoms with Crippen LogP contribution in [0, 0.1) is 6.92 Å². The van der Waals surface area contributed by atoms with Gasteiger partial charge in [0.05, 0.1) is 19.3 Å². The van der Waals surface area contributed by atoms with E-state index in [2.05, 4.69) is 0 Å². The van der Waals surface area contributed by atoms with Crippen LogP contribution in [0.1, 0.15) is 15.9 Å². The summed E-state index contributed by atoms with van der Waals surface area (Å²) in [6, 6.07) is 5.41. The lowest BCUT2D eigenvalue weighted by atomic mass is 10.1. The van der Waals surface area contributed by atoms with Gasteiger partial charge in [-0.25, -0.2) is 0 Å². The average Bonchev–Trinajstić information content (AvgIpc) is 2.41. The van der Waals surface area contributed by atoms with E-state index in [9.17, 15) is 4.79 Å². The summed E-state index contributed by atoms with van der Waals surface area (Å²) < 4.78 is 10.6. The Morgan fingerprint density at radius 2 is 2.30 bits per heavy atom. The topological polar surface area (TPSA) is 64.8 Å². The third-order valence-electron chi connectivity index (χ3n) is 3.27. The van der Waals surface area contributed by atoms with Crippen molar-refractivity contribution >= 4 is 24.0 Å². The number of ether oxygens (including phenoxy) is 2. The number of nitrogens with two attached hydrogens (primary N) is 1. The van der Waals surface area contributed by atoms with Crippen LogP contribution < -0.4 is 5.73 Å². The number of hydrogen-bond acceptors (Lipinski definition) is 4. The number of amides is 1. The molecule has 1 saturated heterocycles. The number of rotatable bonds is 3. The van der Waals surface area contributed by atoms with Crippen LogP contribution in [0.2, 0.25) is 0 Å². The van der Waals surface area contributed by atoms with Crippen molar-refractivity contribution in [1.82, 2.24) is 4.90 Å². The van der Waals surface area contributed by atoms with Gasteiger partial charge < -0.3 is 20.1 Å². The lowest BCUT2D eigenvalue weighted by Gasteiger charge is -2.33. The minimum atomic E-state index is -0.0518. The fourth-order valence-corrected chi connectivity index (χ4v) is 2.23. The second-order valence-electron chi connectivity index (χ2n) is 4.77. The van der Waals surface area contributed by atoms with E-state index in [0.29, 0.717) is 37.6 Å². The monoisotopic (exact) mass is 300 g/mol. The number of carbonyl (C=O) groups is 1. The smallest absolute Gasteiger partial charge is 0.254 e. The molecule has 1 aromatic carbocycles. The highest BCUT2D eigenvalue weighted by Gasteiger charge is 2.25. The highest BCUT2D eigenvalue weighted by molar-refractivity contribution is 5.96. The Bertz CT molecular complexity index is 466. The Labute approximate surface area is 125 Å². The van der Waals surface area contributed by atoms with Crippen LogP contribution in [0.25, 0.3) is 0 Å².